The zero-order valence-electron chi connectivity index (χ0n) is 18.4. The molecule has 2 fully saturated rings. The van der Waals surface area contributed by atoms with Crippen LogP contribution in [0.1, 0.15) is 73.7 Å². The van der Waals surface area contributed by atoms with E-state index in [1.807, 2.05) is 18.2 Å². The molecule has 30 heavy (non-hydrogen) atoms. The fourth-order valence-corrected chi connectivity index (χ4v) is 4.96. The van der Waals surface area contributed by atoms with Crippen LogP contribution in [0.25, 0.3) is 0 Å². The van der Waals surface area contributed by atoms with Crippen molar-refractivity contribution in [3.63, 3.8) is 0 Å². The summed E-state index contributed by atoms with van der Waals surface area (Å²) in [6, 6.07) is 10.2. The predicted molar refractivity (Wildman–Crippen MR) is 116 cm³/mol. The molecule has 2 saturated heterocycles. The Morgan fingerprint density at radius 2 is 1.87 bits per heavy atom. The van der Waals surface area contributed by atoms with Crippen molar-refractivity contribution >= 4 is 5.91 Å². The van der Waals surface area contributed by atoms with Gasteiger partial charge < -0.3 is 14.2 Å². The Kier molecular flexibility index (Phi) is 6.14. The van der Waals surface area contributed by atoms with Crippen LogP contribution in [0.3, 0.4) is 0 Å². The normalized spacial score (nSPS) is 22.6. The quantitative estimate of drug-likeness (QED) is 0.727. The molecule has 0 N–H and O–H groups in total. The van der Waals surface area contributed by atoms with E-state index in [-0.39, 0.29) is 17.4 Å². The molecule has 1 aromatic heterocycles. The van der Waals surface area contributed by atoms with Gasteiger partial charge in [0.15, 0.2) is 5.69 Å². The Labute approximate surface area is 179 Å². The fraction of sp³-hybridized carbons (Fsp3) is 0.583. The molecule has 0 radical (unpaired) electrons. The van der Waals surface area contributed by atoms with Crippen molar-refractivity contribution in [2.75, 3.05) is 26.7 Å². The Morgan fingerprint density at radius 1 is 1.13 bits per heavy atom. The number of benzene rings is 1. The highest BCUT2D eigenvalue weighted by Gasteiger charge is 2.45. The smallest absolute Gasteiger partial charge is 0.276 e. The maximum absolute atomic E-state index is 13.3. The van der Waals surface area contributed by atoms with Crippen LogP contribution in [0.2, 0.25) is 0 Å². The third-order valence-corrected chi connectivity index (χ3v) is 6.73. The highest BCUT2D eigenvalue weighted by atomic mass is 16.5. The molecule has 2 aromatic rings. The molecule has 1 atom stereocenters. The van der Waals surface area contributed by atoms with E-state index in [1.54, 1.807) is 7.11 Å². The van der Waals surface area contributed by atoms with Crippen LogP contribution < -0.4 is 4.74 Å². The lowest BCUT2D eigenvalue weighted by Gasteiger charge is -2.37. The standard InChI is InChI=1S/C24H33N3O3/c1-18(2)22-16-21(25-30-22)23(28)27-14-5-11-24(27)10-4-13-26(15-12-24)17-19-6-8-20(29-3)9-7-19/h6-9,16,18H,4-5,10-15,17H2,1-3H3/t24-/m1/s1. The molecule has 3 heterocycles. The maximum Gasteiger partial charge on any atom is 0.276 e. The average molecular weight is 412 g/mol. The van der Waals surface area contributed by atoms with E-state index in [9.17, 15) is 4.79 Å². The molecule has 0 bridgehead atoms. The van der Waals surface area contributed by atoms with Crippen LogP contribution in [0, 0.1) is 0 Å². The van der Waals surface area contributed by atoms with Crippen LogP contribution in [-0.4, -0.2) is 53.1 Å². The van der Waals surface area contributed by atoms with E-state index < -0.39 is 0 Å². The number of rotatable bonds is 5. The largest absolute Gasteiger partial charge is 0.497 e. The van der Waals surface area contributed by atoms with Crippen LogP contribution in [0.5, 0.6) is 5.75 Å². The number of ether oxygens (including phenoxy) is 1. The van der Waals surface area contributed by atoms with Crippen molar-refractivity contribution < 1.29 is 14.1 Å². The number of aromatic nitrogens is 1. The minimum absolute atomic E-state index is 0.0340. The van der Waals surface area contributed by atoms with Gasteiger partial charge in [0, 0.05) is 37.2 Å². The summed E-state index contributed by atoms with van der Waals surface area (Å²) in [5.74, 6) is 1.93. The molecule has 0 saturated carbocycles. The topological polar surface area (TPSA) is 58.8 Å². The first kappa shape index (κ1) is 20.9. The first-order valence-corrected chi connectivity index (χ1v) is 11.1. The number of likely N-dealkylation sites (tertiary alicyclic amines) is 2. The first-order valence-electron chi connectivity index (χ1n) is 11.1. The summed E-state index contributed by atoms with van der Waals surface area (Å²) >= 11 is 0. The number of carbonyl (C=O) groups is 1. The third-order valence-electron chi connectivity index (χ3n) is 6.73. The van der Waals surface area contributed by atoms with Crippen LogP contribution >= 0.6 is 0 Å². The average Bonchev–Trinajstić information content (AvgIpc) is 3.35. The van der Waals surface area contributed by atoms with Crippen molar-refractivity contribution in [3.8, 4) is 5.75 Å². The van der Waals surface area contributed by atoms with Gasteiger partial charge in [0.25, 0.3) is 5.91 Å². The number of carbonyl (C=O) groups excluding carboxylic acids is 1. The van der Waals surface area contributed by atoms with Gasteiger partial charge in [0.1, 0.15) is 11.5 Å². The van der Waals surface area contributed by atoms with Gasteiger partial charge in [-0.1, -0.05) is 31.1 Å². The Morgan fingerprint density at radius 3 is 2.53 bits per heavy atom. The number of amides is 1. The van der Waals surface area contributed by atoms with Gasteiger partial charge in [-0.05, 0) is 56.3 Å². The third kappa shape index (κ3) is 4.24. The van der Waals surface area contributed by atoms with Gasteiger partial charge >= 0.3 is 0 Å². The molecule has 0 aliphatic carbocycles. The number of nitrogens with zero attached hydrogens (tertiary/aromatic N) is 3. The second-order valence-corrected chi connectivity index (χ2v) is 9.03. The van der Waals surface area contributed by atoms with Crippen molar-refractivity contribution in [2.24, 2.45) is 0 Å². The fourth-order valence-electron chi connectivity index (χ4n) is 4.96. The Balaban J connectivity index is 1.43. The summed E-state index contributed by atoms with van der Waals surface area (Å²) < 4.78 is 10.7. The van der Waals surface area contributed by atoms with Crippen molar-refractivity contribution in [2.45, 2.75) is 64.0 Å². The summed E-state index contributed by atoms with van der Waals surface area (Å²) in [6.07, 6.45) is 5.34. The van der Waals surface area contributed by atoms with E-state index in [0.717, 1.165) is 69.8 Å². The first-order chi connectivity index (χ1) is 14.5. The van der Waals surface area contributed by atoms with Crippen molar-refractivity contribution in [1.29, 1.82) is 0 Å². The minimum Gasteiger partial charge on any atom is -0.497 e. The van der Waals surface area contributed by atoms with Gasteiger partial charge in [-0.2, -0.15) is 0 Å². The lowest BCUT2D eigenvalue weighted by atomic mass is 9.87. The van der Waals surface area contributed by atoms with E-state index in [2.05, 4.69) is 40.9 Å². The maximum atomic E-state index is 13.3. The van der Waals surface area contributed by atoms with Crippen LogP contribution in [-0.2, 0) is 6.54 Å². The van der Waals surface area contributed by atoms with E-state index in [4.69, 9.17) is 9.26 Å². The molecule has 6 heteroatoms. The van der Waals surface area contributed by atoms with Gasteiger partial charge in [-0.3, -0.25) is 9.69 Å². The SMILES string of the molecule is COc1ccc(CN2CCC[C@@]3(CCCN3C(=O)c3cc(C(C)C)on3)CC2)cc1. The van der Waals surface area contributed by atoms with E-state index in [1.165, 1.54) is 5.56 Å². The molecule has 162 valence electrons. The molecule has 2 aliphatic rings. The molecule has 1 spiro atoms. The molecular weight excluding hydrogens is 378 g/mol. The highest BCUT2D eigenvalue weighted by Crippen LogP contribution is 2.39. The van der Waals surface area contributed by atoms with Gasteiger partial charge in [-0.15, -0.1) is 0 Å². The summed E-state index contributed by atoms with van der Waals surface area (Å²) in [5.41, 5.74) is 1.72. The van der Waals surface area contributed by atoms with Crippen LogP contribution in [0.15, 0.2) is 34.9 Å². The van der Waals surface area contributed by atoms with Gasteiger partial charge in [-0.25, -0.2) is 0 Å². The van der Waals surface area contributed by atoms with Gasteiger partial charge in [0.2, 0.25) is 0 Å². The summed E-state index contributed by atoms with van der Waals surface area (Å²) in [7, 11) is 1.70. The zero-order chi connectivity index (χ0) is 21.1. The zero-order valence-corrected chi connectivity index (χ0v) is 18.4. The molecule has 2 aliphatic heterocycles. The summed E-state index contributed by atoms with van der Waals surface area (Å²) in [4.78, 5) is 17.9. The van der Waals surface area contributed by atoms with E-state index >= 15 is 0 Å². The molecule has 1 aromatic carbocycles. The molecule has 0 unspecified atom stereocenters. The minimum atomic E-state index is -0.0390. The molecule has 1 amide bonds. The van der Waals surface area contributed by atoms with Crippen LogP contribution in [0.4, 0.5) is 0 Å². The lowest BCUT2D eigenvalue weighted by Crippen LogP contribution is -2.48. The molecule has 6 nitrogen and oxygen atoms in total. The Hall–Kier alpha value is -2.34. The van der Waals surface area contributed by atoms with E-state index in [0.29, 0.717) is 5.69 Å². The van der Waals surface area contributed by atoms with Crippen molar-refractivity contribution in [3.05, 3.63) is 47.3 Å². The molecular formula is C24H33N3O3. The second kappa shape index (κ2) is 8.80. The van der Waals surface area contributed by atoms with Crippen molar-refractivity contribution in [1.82, 2.24) is 15.0 Å². The number of methoxy groups -OCH3 is 1. The highest BCUT2D eigenvalue weighted by molar-refractivity contribution is 5.93. The number of hydrogen-bond acceptors (Lipinski definition) is 5. The number of hydrogen-bond donors (Lipinski definition) is 0. The van der Waals surface area contributed by atoms with Gasteiger partial charge in [0.05, 0.1) is 7.11 Å². The summed E-state index contributed by atoms with van der Waals surface area (Å²) in [6.45, 7) is 7.93. The predicted octanol–water partition coefficient (Wildman–Crippen LogP) is 4.47. The summed E-state index contributed by atoms with van der Waals surface area (Å²) in [5, 5.41) is 4.08. The Bertz CT molecular complexity index is 861. The second-order valence-electron chi connectivity index (χ2n) is 9.03. The lowest BCUT2D eigenvalue weighted by molar-refractivity contribution is 0.0547. The molecule has 4 rings (SSSR count). The monoisotopic (exact) mass is 411 g/mol.